The number of carboxylic acid groups (broad SMARTS) is 2. The second kappa shape index (κ2) is 13.1. The highest BCUT2D eigenvalue weighted by Gasteiger charge is 2.36. The largest absolute Gasteiger partial charge is 0.481 e. The molecule has 0 radical (unpaired) electrons. The third-order valence-electron chi connectivity index (χ3n) is 9.26. The summed E-state index contributed by atoms with van der Waals surface area (Å²) in [5.74, 6) is -2.62. The number of rotatable bonds is 12. The minimum atomic E-state index is -1.62. The van der Waals surface area contributed by atoms with Crippen LogP contribution in [0.3, 0.4) is 0 Å². The quantitative estimate of drug-likeness (QED) is 0.189. The van der Waals surface area contributed by atoms with Gasteiger partial charge in [0.1, 0.15) is 0 Å². The first-order valence-corrected chi connectivity index (χ1v) is 15.0. The number of aromatic amines is 1. The highest BCUT2D eigenvalue weighted by Crippen LogP contribution is 2.36. The zero-order chi connectivity index (χ0) is 32.5. The lowest BCUT2D eigenvalue weighted by Gasteiger charge is -2.20. The summed E-state index contributed by atoms with van der Waals surface area (Å²) in [5, 5.41) is 38.7. The van der Waals surface area contributed by atoms with Crippen LogP contribution in [0.5, 0.6) is 0 Å². The molecule has 0 spiro atoms. The van der Waals surface area contributed by atoms with Crippen molar-refractivity contribution in [3.63, 3.8) is 0 Å². The van der Waals surface area contributed by atoms with Crippen molar-refractivity contribution in [1.29, 1.82) is 0 Å². The Morgan fingerprint density at radius 2 is 1.70 bits per heavy atom. The molecule has 5 atom stereocenters. The van der Waals surface area contributed by atoms with Gasteiger partial charge in [-0.3, -0.25) is 14.4 Å². The molecule has 0 aliphatic carbocycles. The number of H-pyrrole nitrogens is 1. The molecule has 11 nitrogen and oxygen atoms in total. The van der Waals surface area contributed by atoms with Crippen molar-refractivity contribution in [2.45, 2.75) is 84.9 Å². The van der Waals surface area contributed by atoms with E-state index in [1.807, 2.05) is 46.8 Å². The Labute approximate surface area is 256 Å². The number of carbonyl (C=O) groups excluding carboxylic acids is 2. The molecule has 11 heteroatoms. The van der Waals surface area contributed by atoms with Gasteiger partial charge in [0.25, 0.3) is 5.91 Å². The van der Waals surface area contributed by atoms with Gasteiger partial charge in [0, 0.05) is 59.1 Å². The predicted octanol–water partition coefficient (Wildman–Crippen LogP) is 3.33. The number of aromatic nitrogens is 1. The number of aliphatic carboxylic acids is 2. The number of carbonyl (C=O) groups is 4. The molecule has 44 heavy (non-hydrogen) atoms. The molecule has 3 aliphatic heterocycles. The van der Waals surface area contributed by atoms with E-state index in [1.165, 1.54) is 6.08 Å². The van der Waals surface area contributed by atoms with Crippen molar-refractivity contribution in [3.8, 4) is 0 Å². The minimum absolute atomic E-state index is 0.0343. The summed E-state index contributed by atoms with van der Waals surface area (Å²) < 4.78 is 0. The van der Waals surface area contributed by atoms with Gasteiger partial charge in [-0.2, -0.15) is 0 Å². The molecule has 1 aromatic rings. The van der Waals surface area contributed by atoms with E-state index in [0.717, 1.165) is 40.1 Å². The fourth-order valence-electron chi connectivity index (χ4n) is 6.48. The second-order valence-corrected chi connectivity index (χ2v) is 11.9. The molecule has 1 aromatic heterocycles. The van der Waals surface area contributed by atoms with Crippen LogP contribution >= 0.6 is 0 Å². The molecule has 7 N–H and O–H groups in total. The van der Waals surface area contributed by atoms with Gasteiger partial charge in [-0.05, 0) is 80.0 Å². The lowest BCUT2D eigenvalue weighted by atomic mass is 9.92. The van der Waals surface area contributed by atoms with Crippen LogP contribution in [0.25, 0.3) is 12.2 Å². The lowest BCUT2D eigenvalue weighted by molar-refractivity contribution is -0.146. The molecule has 4 heterocycles. The first-order valence-electron chi connectivity index (χ1n) is 15.0. The van der Waals surface area contributed by atoms with E-state index in [0.29, 0.717) is 29.0 Å². The van der Waals surface area contributed by atoms with Gasteiger partial charge < -0.3 is 36.3 Å². The Balaban J connectivity index is 1.76. The number of hydrogen-bond donors (Lipinski definition) is 7. The zero-order valence-corrected chi connectivity index (χ0v) is 25.8. The molecule has 0 bridgehead atoms. The van der Waals surface area contributed by atoms with Crippen molar-refractivity contribution in [2.24, 2.45) is 11.8 Å². The molecule has 2 amide bonds. The van der Waals surface area contributed by atoms with Gasteiger partial charge in [0.05, 0.1) is 6.04 Å². The van der Waals surface area contributed by atoms with Crippen molar-refractivity contribution < 1.29 is 34.5 Å². The van der Waals surface area contributed by atoms with Crippen LogP contribution in [0.2, 0.25) is 0 Å². The maximum Gasteiger partial charge on any atom is 0.332 e. The Kier molecular flexibility index (Phi) is 9.68. The van der Waals surface area contributed by atoms with Crippen molar-refractivity contribution in [1.82, 2.24) is 20.9 Å². The average Bonchev–Trinajstić information content (AvgIpc) is 3.60. The molecule has 4 rings (SSSR count). The summed E-state index contributed by atoms with van der Waals surface area (Å²) in [7, 11) is 0. The summed E-state index contributed by atoms with van der Waals surface area (Å²) in [6.07, 6.45) is 4.95. The SMILES string of the molecule is C=CC1=C(C)[C@@H](CC2N/C(=C\c3[nH]c(/C=C4/NC(=O)[C@H](C)[C@H]4CC)c(C)c3CCC(=O)O)C(CC(O)C(=O)O)=C2C)NC1=O. The first-order chi connectivity index (χ1) is 20.8. The third kappa shape index (κ3) is 6.42. The van der Waals surface area contributed by atoms with Crippen molar-refractivity contribution >= 4 is 35.9 Å². The standard InChI is InChI=1S/C33H42N4O7/c1-7-19-18(6)31(41)37-26(19)13-24-16(4)21(9-10-30(39)40)27(34-24)14-28-22(11-29(38)33(43)44)17(5)23(35-28)12-25-15(3)20(8-2)32(42)36-25/h8,13-14,18-19,23,25,29,34-35,38H,2,7,9-12H2,1,3-6H3,(H,36,42)(H,37,41)(H,39,40)(H,43,44)/b26-13+,28-14-/t18-,19-,23?,25-,29?/m1/s1. The fraction of sp³-hybridized carbons (Fsp3) is 0.455. The smallest absolute Gasteiger partial charge is 0.332 e. The maximum atomic E-state index is 12.4. The summed E-state index contributed by atoms with van der Waals surface area (Å²) >= 11 is 0. The third-order valence-corrected chi connectivity index (χ3v) is 9.26. The van der Waals surface area contributed by atoms with Crippen LogP contribution in [-0.4, -0.2) is 62.2 Å². The van der Waals surface area contributed by atoms with E-state index < -0.39 is 18.0 Å². The van der Waals surface area contributed by atoms with Crippen molar-refractivity contribution in [3.05, 3.63) is 68.9 Å². The molecular weight excluding hydrogens is 564 g/mol. The van der Waals surface area contributed by atoms with Crippen LogP contribution in [0.1, 0.15) is 75.9 Å². The number of nitrogens with one attached hydrogen (secondary N) is 4. The molecule has 2 unspecified atom stereocenters. The zero-order valence-electron chi connectivity index (χ0n) is 25.8. The monoisotopic (exact) mass is 606 g/mol. The summed E-state index contributed by atoms with van der Waals surface area (Å²) in [6, 6.07) is -0.511. The Morgan fingerprint density at radius 3 is 2.30 bits per heavy atom. The predicted molar refractivity (Wildman–Crippen MR) is 166 cm³/mol. The topological polar surface area (TPSA) is 181 Å². The molecule has 3 aliphatic rings. The maximum absolute atomic E-state index is 12.4. The molecule has 1 saturated heterocycles. The van der Waals surface area contributed by atoms with Crippen LogP contribution in [0, 0.1) is 18.8 Å². The molecule has 236 valence electrons. The normalized spacial score (nSPS) is 26.0. The highest BCUT2D eigenvalue weighted by atomic mass is 16.4. The van der Waals surface area contributed by atoms with Gasteiger partial charge in [-0.1, -0.05) is 26.5 Å². The first kappa shape index (κ1) is 32.5. The van der Waals surface area contributed by atoms with E-state index in [4.69, 9.17) is 0 Å². The van der Waals surface area contributed by atoms with Crippen LogP contribution in [0.4, 0.5) is 0 Å². The van der Waals surface area contributed by atoms with E-state index in [1.54, 1.807) is 0 Å². The number of aliphatic hydroxyl groups excluding tert-OH is 1. The fourth-order valence-corrected chi connectivity index (χ4v) is 6.48. The molecular formula is C33H42N4O7. The van der Waals surface area contributed by atoms with E-state index in [2.05, 4.69) is 27.5 Å². The van der Waals surface area contributed by atoms with Crippen molar-refractivity contribution in [2.75, 3.05) is 0 Å². The Bertz CT molecular complexity index is 1530. The minimum Gasteiger partial charge on any atom is -0.481 e. The molecule has 0 aromatic carbocycles. The van der Waals surface area contributed by atoms with E-state index in [-0.39, 0.29) is 55.0 Å². The second-order valence-electron chi connectivity index (χ2n) is 11.9. The van der Waals surface area contributed by atoms with Gasteiger partial charge >= 0.3 is 11.9 Å². The molecule has 1 fully saturated rings. The van der Waals surface area contributed by atoms with Gasteiger partial charge in [0.15, 0.2) is 6.10 Å². The Hall–Kier alpha value is -4.38. The van der Waals surface area contributed by atoms with E-state index >= 15 is 0 Å². The lowest BCUT2D eigenvalue weighted by Crippen LogP contribution is -2.36. The summed E-state index contributed by atoms with van der Waals surface area (Å²) in [4.78, 5) is 51.3. The average molecular weight is 607 g/mol. The molecule has 0 saturated carbocycles. The summed E-state index contributed by atoms with van der Waals surface area (Å²) in [6.45, 7) is 13.3. The van der Waals surface area contributed by atoms with E-state index in [9.17, 15) is 34.5 Å². The number of amides is 2. The Morgan fingerprint density at radius 1 is 1.02 bits per heavy atom. The van der Waals surface area contributed by atoms with Crippen LogP contribution < -0.4 is 16.0 Å². The number of aliphatic hydroxyl groups is 1. The number of hydrogen-bond acceptors (Lipinski definition) is 6. The number of carboxylic acids is 2. The van der Waals surface area contributed by atoms with Gasteiger partial charge in [-0.15, -0.1) is 0 Å². The number of allylic oxidation sites excluding steroid dienone is 2. The van der Waals surface area contributed by atoms with Gasteiger partial charge in [0.2, 0.25) is 5.91 Å². The van der Waals surface area contributed by atoms with Gasteiger partial charge in [-0.25, -0.2) is 4.79 Å². The highest BCUT2D eigenvalue weighted by molar-refractivity contribution is 6.00. The summed E-state index contributed by atoms with van der Waals surface area (Å²) in [5.41, 5.74) is 7.34. The van der Waals surface area contributed by atoms with Crippen LogP contribution in [-0.2, 0) is 25.6 Å². The van der Waals surface area contributed by atoms with Crippen LogP contribution in [0.15, 0.2) is 46.3 Å².